The molecular weight excluding hydrogens is 160 g/mol. The maximum absolute atomic E-state index is 9.12. The Balaban J connectivity index is 4.38. The summed E-state index contributed by atoms with van der Waals surface area (Å²) < 4.78 is 0. The van der Waals surface area contributed by atoms with Crippen molar-refractivity contribution in [1.82, 2.24) is 5.32 Å². The van der Waals surface area contributed by atoms with Crippen LogP contribution in [0.2, 0.25) is 0 Å². The Kier molecular flexibility index (Phi) is 5.02. The summed E-state index contributed by atoms with van der Waals surface area (Å²) in [7, 11) is 0. The quantitative estimate of drug-likeness (QED) is 0.709. The Labute approximate surface area is 82.3 Å². The van der Waals surface area contributed by atoms with Gasteiger partial charge in [0.2, 0.25) is 0 Å². The highest BCUT2D eigenvalue weighted by molar-refractivity contribution is 5.07. The minimum absolute atomic E-state index is 0.371. The van der Waals surface area contributed by atoms with Crippen molar-refractivity contribution in [1.29, 1.82) is 5.26 Å². The van der Waals surface area contributed by atoms with Gasteiger partial charge in [0.05, 0.1) is 6.07 Å². The molecule has 0 saturated heterocycles. The summed E-state index contributed by atoms with van der Waals surface area (Å²) in [6.45, 7) is 10.5. The Morgan fingerprint density at radius 1 is 1.31 bits per heavy atom. The highest BCUT2D eigenvalue weighted by Crippen LogP contribution is 2.20. The zero-order valence-electron chi connectivity index (χ0n) is 9.52. The first-order valence-corrected chi connectivity index (χ1v) is 5.19. The van der Waals surface area contributed by atoms with E-state index in [9.17, 15) is 0 Å². The number of nitrogens with one attached hydrogen (secondary N) is 1. The Hall–Kier alpha value is -0.550. The van der Waals surface area contributed by atoms with Crippen molar-refractivity contribution in [3.63, 3.8) is 0 Å². The molecule has 0 radical (unpaired) electrons. The van der Waals surface area contributed by atoms with E-state index in [0.717, 1.165) is 12.8 Å². The molecule has 0 heterocycles. The van der Waals surface area contributed by atoms with Gasteiger partial charge < -0.3 is 0 Å². The first kappa shape index (κ1) is 12.4. The molecule has 0 aromatic heterocycles. The van der Waals surface area contributed by atoms with Crippen molar-refractivity contribution < 1.29 is 0 Å². The van der Waals surface area contributed by atoms with E-state index < -0.39 is 0 Å². The first-order valence-electron chi connectivity index (χ1n) is 5.19. The van der Waals surface area contributed by atoms with Crippen LogP contribution in [0.5, 0.6) is 0 Å². The third-order valence-corrected chi connectivity index (χ3v) is 2.99. The molecule has 0 aromatic rings. The van der Waals surface area contributed by atoms with Gasteiger partial charge in [0.25, 0.3) is 0 Å². The molecular formula is C11H22N2. The van der Waals surface area contributed by atoms with E-state index in [-0.39, 0.29) is 5.54 Å². The molecule has 2 heteroatoms. The Morgan fingerprint density at radius 3 is 2.15 bits per heavy atom. The Morgan fingerprint density at radius 2 is 1.85 bits per heavy atom. The normalized spacial score (nSPS) is 20.0. The van der Waals surface area contributed by atoms with Crippen LogP contribution in [0.15, 0.2) is 0 Å². The molecule has 0 amide bonds. The maximum Gasteiger partial charge on any atom is 0.106 e. The van der Waals surface area contributed by atoms with E-state index in [0.29, 0.717) is 12.0 Å². The van der Waals surface area contributed by atoms with Crippen LogP contribution in [0.3, 0.4) is 0 Å². The molecule has 1 N–H and O–H groups in total. The van der Waals surface area contributed by atoms with Gasteiger partial charge in [-0.1, -0.05) is 27.2 Å². The average molecular weight is 182 g/mol. The van der Waals surface area contributed by atoms with E-state index in [1.807, 2.05) is 6.92 Å². The molecule has 0 fully saturated rings. The molecule has 0 aliphatic rings. The summed E-state index contributed by atoms with van der Waals surface area (Å²) in [5.74, 6) is 0.395. The lowest BCUT2D eigenvalue weighted by Crippen LogP contribution is -2.50. The van der Waals surface area contributed by atoms with Crippen LogP contribution in [0, 0.1) is 17.2 Å². The monoisotopic (exact) mass is 182 g/mol. The molecule has 0 aliphatic heterocycles. The van der Waals surface area contributed by atoms with Crippen molar-refractivity contribution >= 4 is 0 Å². The lowest BCUT2D eigenvalue weighted by molar-refractivity contribution is 0.279. The van der Waals surface area contributed by atoms with Crippen LogP contribution in [0.25, 0.3) is 0 Å². The molecule has 2 nitrogen and oxygen atoms in total. The number of nitriles is 1. The maximum atomic E-state index is 9.12. The summed E-state index contributed by atoms with van der Waals surface area (Å²) >= 11 is 0. The lowest BCUT2D eigenvalue weighted by atomic mass is 9.85. The topological polar surface area (TPSA) is 35.8 Å². The highest BCUT2D eigenvalue weighted by Gasteiger charge is 2.30. The van der Waals surface area contributed by atoms with Crippen molar-refractivity contribution in [2.24, 2.45) is 5.92 Å². The second-order valence-corrected chi connectivity index (χ2v) is 4.08. The largest absolute Gasteiger partial charge is 0.297 e. The Bertz CT molecular complexity index is 183. The first-order chi connectivity index (χ1) is 6.00. The van der Waals surface area contributed by atoms with E-state index in [1.54, 1.807) is 0 Å². The van der Waals surface area contributed by atoms with Gasteiger partial charge in [-0.15, -0.1) is 0 Å². The second kappa shape index (κ2) is 5.24. The summed E-state index contributed by atoms with van der Waals surface area (Å²) in [5, 5.41) is 12.5. The minimum atomic E-state index is -0.371. The van der Waals surface area contributed by atoms with Crippen LogP contribution in [0.4, 0.5) is 0 Å². The third-order valence-electron chi connectivity index (χ3n) is 2.99. The van der Waals surface area contributed by atoms with Gasteiger partial charge in [0.15, 0.2) is 0 Å². The second-order valence-electron chi connectivity index (χ2n) is 4.08. The molecule has 13 heavy (non-hydrogen) atoms. The van der Waals surface area contributed by atoms with Gasteiger partial charge in [-0.3, -0.25) is 5.32 Å². The van der Waals surface area contributed by atoms with E-state index >= 15 is 0 Å². The molecule has 3 unspecified atom stereocenters. The predicted molar refractivity (Wildman–Crippen MR) is 56.4 cm³/mol. The molecule has 0 aromatic carbocycles. The van der Waals surface area contributed by atoms with Crippen LogP contribution >= 0.6 is 0 Å². The van der Waals surface area contributed by atoms with Crippen molar-refractivity contribution in [2.75, 3.05) is 0 Å². The molecule has 3 atom stereocenters. The minimum Gasteiger partial charge on any atom is -0.297 e. The number of hydrogen-bond acceptors (Lipinski definition) is 2. The SMILES string of the molecule is CCC(C)NC(C)(C#N)C(C)CC. The predicted octanol–water partition coefficient (Wildman–Crippen LogP) is 2.70. The van der Waals surface area contributed by atoms with E-state index in [2.05, 4.69) is 39.1 Å². The standard InChI is InChI=1S/C11H22N2/c1-6-9(3)11(5,8-12)13-10(4)7-2/h9-10,13H,6-7H2,1-5H3. The van der Waals surface area contributed by atoms with Crippen molar-refractivity contribution in [2.45, 2.75) is 59.0 Å². The third kappa shape index (κ3) is 3.36. The zero-order valence-corrected chi connectivity index (χ0v) is 9.52. The van der Waals surface area contributed by atoms with E-state index in [4.69, 9.17) is 5.26 Å². The fraction of sp³-hybridized carbons (Fsp3) is 0.909. The molecule has 76 valence electrons. The van der Waals surface area contributed by atoms with Gasteiger partial charge in [0, 0.05) is 6.04 Å². The number of nitrogens with zero attached hydrogens (tertiary/aromatic N) is 1. The fourth-order valence-electron chi connectivity index (χ4n) is 1.31. The van der Waals surface area contributed by atoms with Crippen LogP contribution in [0.1, 0.15) is 47.5 Å². The van der Waals surface area contributed by atoms with Crippen LogP contribution in [-0.2, 0) is 0 Å². The summed E-state index contributed by atoms with van der Waals surface area (Å²) in [5.41, 5.74) is -0.371. The molecule has 0 spiro atoms. The van der Waals surface area contributed by atoms with E-state index in [1.165, 1.54) is 0 Å². The van der Waals surface area contributed by atoms with Gasteiger partial charge in [0.1, 0.15) is 5.54 Å². The van der Waals surface area contributed by atoms with Gasteiger partial charge in [-0.05, 0) is 26.2 Å². The van der Waals surface area contributed by atoms with Crippen molar-refractivity contribution in [3.8, 4) is 6.07 Å². The smallest absolute Gasteiger partial charge is 0.106 e. The molecule has 0 bridgehead atoms. The molecule has 0 rings (SSSR count). The van der Waals surface area contributed by atoms with Gasteiger partial charge >= 0.3 is 0 Å². The zero-order chi connectivity index (χ0) is 10.5. The number of rotatable bonds is 5. The van der Waals surface area contributed by atoms with Gasteiger partial charge in [-0.25, -0.2) is 0 Å². The summed E-state index contributed by atoms with van der Waals surface area (Å²) in [6.07, 6.45) is 2.10. The average Bonchev–Trinajstić information content (AvgIpc) is 2.15. The lowest BCUT2D eigenvalue weighted by Gasteiger charge is -2.32. The molecule has 0 aliphatic carbocycles. The fourth-order valence-corrected chi connectivity index (χ4v) is 1.31. The highest BCUT2D eigenvalue weighted by atomic mass is 15.0. The van der Waals surface area contributed by atoms with Crippen LogP contribution in [-0.4, -0.2) is 11.6 Å². The summed E-state index contributed by atoms with van der Waals surface area (Å²) in [4.78, 5) is 0. The number of hydrogen-bond donors (Lipinski definition) is 1. The van der Waals surface area contributed by atoms with Gasteiger partial charge in [-0.2, -0.15) is 5.26 Å². The molecule has 0 saturated carbocycles. The van der Waals surface area contributed by atoms with Crippen LogP contribution < -0.4 is 5.32 Å². The van der Waals surface area contributed by atoms with Crippen molar-refractivity contribution in [3.05, 3.63) is 0 Å². The summed E-state index contributed by atoms with van der Waals surface area (Å²) in [6, 6.07) is 2.80.